The number of nitro benzene ring substituents is 1. The van der Waals surface area contributed by atoms with Crippen LogP contribution < -0.4 is 5.32 Å². The maximum atomic E-state index is 13.9. The Bertz CT molecular complexity index is 2210. The number of benzene rings is 4. The Balaban J connectivity index is 1.29. The van der Waals surface area contributed by atoms with Gasteiger partial charge in [-0.15, -0.1) is 11.3 Å². The van der Waals surface area contributed by atoms with E-state index in [1.165, 1.54) is 40.1 Å². The number of non-ortho nitro benzene ring substituents is 1. The third-order valence-corrected chi connectivity index (χ3v) is 11.4. The molecule has 6 aromatic rings. The molecule has 1 aliphatic rings. The van der Waals surface area contributed by atoms with Crippen molar-refractivity contribution in [2.45, 2.75) is 50.1 Å². The van der Waals surface area contributed by atoms with Crippen LogP contribution in [-0.2, 0) is 12.8 Å². The highest BCUT2D eigenvalue weighted by Gasteiger charge is 2.34. The average Bonchev–Trinajstić information content (AvgIpc) is 3.53. The maximum Gasteiger partial charge on any atom is 0.270 e. The third-order valence-electron chi connectivity index (χ3n) is 9.30. The molecule has 1 N–H and O–H groups in total. The van der Waals surface area contributed by atoms with Crippen LogP contribution in [0.5, 0.6) is 0 Å². The highest BCUT2D eigenvalue weighted by molar-refractivity contribution is 7.99. The molecule has 0 bridgehead atoms. The molecular formula is C42H37N5O3S2. The van der Waals surface area contributed by atoms with Crippen LogP contribution in [0.25, 0.3) is 22.5 Å². The molecule has 0 unspecified atom stereocenters. The summed E-state index contributed by atoms with van der Waals surface area (Å²) in [5.74, 6) is 0.269. The zero-order valence-corrected chi connectivity index (χ0v) is 30.7. The molecule has 52 heavy (non-hydrogen) atoms. The average molecular weight is 724 g/mol. The number of fused-ring (bicyclic) bond motifs is 1. The Morgan fingerprint density at radius 3 is 2.12 bits per heavy atom. The van der Waals surface area contributed by atoms with Crippen molar-refractivity contribution >= 4 is 51.6 Å². The van der Waals surface area contributed by atoms with Gasteiger partial charge in [0.15, 0.2) is 5.16 Å². The highest BCUT2D eigenvalue weighted by Crippen LogP contribution is 2.45. The fourth-order valence-electron chi connectivity index (χ4n) is 6.41. The molecule has 0 fully saturated rings. The number of hydrogen-bond acceptors (Lipinski definition) is 8. The first kappa shape index (κ1) is 35.0. The first-order valence-corrected chi connectivity index (χ1v) is 18.8. The molecule has 1 aliphatic carbocycles. The Labute approximate surface area is 311 Å². The van der Waals surface area contributed by atoms with Crippen molar-refractivity contribution in [2.24, 2.45) is 16.3 Å². The van der Waals surface area contributed by atoms with E-state index >= 15 is 0 Å². The second-order valence-electron chi connectivity index (χ2n) is 13.8. The van der Waals surface area contributed by atoms with Crippen LogP contribution in [0.3, 0.4) is 0 Å². The van der Waals surface area contributed by atoms with E-state index in [0.717, 1.165) is 47.3 Å². The molecule has 7 rings (SSSR count). The van der Waals surface area contributed by atoms with Gasteiger partial charge in [0.05, 0.1) is 21.9 Å². The number of nitrogens with one attached hydrogen (secondary N) is 1. The molecule has 260 valence electrons. The number of aromatic nitrogens is 2. The number of hydrogen-bond donors (Lipinski definition) is 1. The molecule has 2 aromatic heterocycles. The van der Waals surface area contributed by atoms with Gasteiger partial charge in [0.1, 0.15) is 5.00 Å². The minimum absolute atomic E-state index is 0.0599. The topological polar surface area (TPSA) is 110 Å². The quantitative estimate of drug-likeness (QED) is 0.0688. The minimum atomic E-state index is -0.416. The van der Waals surface area contributed by atoms with Gasteiger partial charge in [-0.1, -0.05) is 99.6 Å². The molecule has 2 heterocycles. The van der Waals surface area contributed by atoms with Crippen LogP contribution in [0.1, 0.15) is 53.6 Å². The van der Waals surface area contributed by atoms with E-state index in [-0.39, 0.29) is 17.0 Å². The predicted molar refractivity (Wildman–Crippen MR) is 211 cm³/mol. The fourth-order valence-corrected chi connectivity index (χ4v) is 8.52. The Hall–Kier alpha value is -5.45. The van der Waals surface area contributed by atoms with Crippen LogP contribution in [0.4, 0.5) is 16.4 Å². The number of rotatable bonds is 9. The zero-order chi connectivity index (χ0) is 36.2. The monoisotopic (exact) mass is 723 g/mol. The van der Waals surface area contributed by atoms with Gasteiger partial charge in [0.25, 0.3) is 11.6 Å². The van der Waals surface area contributed by atoms with E-state index in [4.69, 9.17) is 15.0 Å². The van der Waals surface area contributed by atoms with Gasteiger partial charge in [0.2, 0.25) is 0 Å². The lowest BCUT2D eigenvalue weighted by Gasteiger charge is -2.33. The standard InChI is InChI=1S/C42H37N5O3S2/c1-42(2,3)30-19-21-33-37(24-30)51-40(38(33)39(48)44-31-17-11-6-12-18-31)43-26-29-23-32(47(49)50)20-22-36(29)52-41-45-34(27-13-7-4-8-14-27)25-35(46-41)28-15-9-5-10-16-28/h4-18,20,22-23,25-26,30H,19,21,24H2,1-3H3,(H,44,48)/t30-/m0/s1. The number of para-hydroxylation sites is 1. The summed E-state index contributed by atoms with van der Waals surface area (Å²) in [6.07, 6.45) is 4.28. The fraction of sp³-hybridized carbons (Fsp3) is 0.190. The first-order valence-electron chi connectivity index (χ1n) is 17.1. The molecule has 0 aliphatic heterocycles. The number of nitrogens with zero attached hydrogens (tertiary/aromatic N) is 4. The van der Waals surface area contributed by atoms with E-state index in [0.29, 0.717) is 37.8 Å². The van der Waals surface area contributed by atoms with Crippen molar-refractivity contribution in [1.29, 1.82) is 0 Å². The summed E-state index contributed by atoms with van der Waals surface area (Å²) in [4.78, 5) is 42.1. The highest BCUT2D eigenvalue weighted by atomic mass is 32.2. The maximum absolute atomic E-state index is 13.9. The van der Waals surface area contributed by atoms with Gasteiger partial charge >= 0.3 is 0 Å². The molecule has 4 aromatic carbocycles. The Kier molecular flexibility index (Phi) is 10.1. The van der Waals surface area contributed by atoms with Crippen LogP contribution in [0.15, 0.2) is 130 Å². The molecule has 1 atom stereocenters. The molecule has 0 saturated heterocycles. The summed E-state index contributed by atoms with van der Waals surface area (Å²) in [6.45, 7) is 6.80. The second-order valence-corrected chi connectivity index (χ2v) is 15.9. The SMILES string of the molecule is CC(C)(C)[C@H]1CCc2c(sc(N=Cc3cc([N+](=O)[O-])ccc3Sc3nc(-c4ccccc4)cc(-c4ccccc4)n3)c2C(=O)Nc2ccccc2)C1. The van der Waals surface area contributed by atoms with Crippen molar-refractivity contribution in [3.8, 4) is 22.5 Å². The summed E-state index contributed by atoms with van der Waals surface area (Å²) in [5, 5.41) is 16.1. The van der Waals surface area contributed by atoms with Gasteiger partial charge in [-0.2, -0.15) is 0 Å². The number of amides is 1. The van der Waals surface area contributed by atoms with E-state index in [9.17, 15) is 14.9 Å². The Morgan fingerprint density at radius 2 is 1.52 bits per heavy atom. The van der Waals surface area contributed by atoms with E-state index in [1.54, 1.807) is 12.3 Å². The Morgan fingerprint density at radius 1 is 0.904 bits per heavy atom. The summed E-state index contributed by atoms with van der Waals surface area (Å²) in [6, 6.07) is 35.9. The van der Waals surface area contributed by atoms with Crippen molar-refractivity contribution in [3.63, 3.8) is 0 Å². The second kappa shape index (κ2) is 15.0. The van der Waals surface area contributed by atoms with Crippen LogP contribution >= 0.6 is 23.1 Å². The molecule has 0 spiro atoms. The van der Waals surface area contributed by atoms with Crippen LogP contribution in [0.2, 0.25) is 0 Å². The van der Waals surface area contributed by atoms with E-state index in [2.05, 4.69) is 26.1 Å². The number of carbonyl (C=O) groups excluding carboxylic acids is 1. The summed E-state index contributed by atoms with van der Waals surface area (Å²) >= 11 is 2.85. The predicted octanol–water partition coefficient (Wildman–Crippen LogP) is 11.1. The van der Waals surface area contributed by atoms with Crippen molar-refractivity contribution in [1.82, 2.24) is 9.97 Å². The third kappa shape index (κ3) is 7.88. The number of aliphatic imine (C=N–C) groups is 1. The summed E-state index contributed by atoms with van der Waals surface area (Å²) in [5.41, 5.74) is 6.35. The van der Waals surface area contributed by atoms with Gasteiger partial charge < -0.3 is 5.32 Å². The zero-order valence-electron chi connectivity index (χ0n) is 29.1. The largest absolute Gasteiger partial charge is 0.322 e. The van der Waals surface area contributed by atoms with Gasteiger partial charge in [-0.05, 0) is 72.2 Å². The number of anilines is 1. The lowest BCUT2D eigenvalue weighted by Crippen LogP contribution is -2.27. The van der Waals surface area contributed by atoms with E-state index in [1.807, 2.05) is 97.1 Å². The molecule has 1 amide bonds. The first-order chi connectivity index (χ1) is 25.1. The number of carbonyl (C=O) groups is 1. The molecule has 0 radical (unpaired) electrons. The summed E-state index contributed by atoms with van der Waals surface area (Å²) < 4.78 is 0. The molecule has 10 heteroatoms. The smallest absolute Gasteiger partial charge is 0.270 e. The molecule has 0 saturated carbocycles. The lowest BCUT2D eigenvalue weighted by atomic mass is 9.72. The number of nitro groups is 1. The van der Waals surface area contributed by atoms with Crippen LogP contribution in [-0.4, -0.2) is 27.0 Å². The van der Waals surface area contributed by atoms with Gasteiger partial charge in [-0.3, -0.25) is 14.9 Å². The molecular weight excluding hydrogens is 687 g/mol. The van der Waals surface area contributed by atoms with Crippen LogP contribution in [0, 0.1) is 21.4 Å². The van der Waals surface area contributed by atoms with Gasteiger partial charge in [0, 0.05) is 50.5 Å². The van der Waals surface area contributed by atoms with Crippen molar-refractivity contribution in [3.05, 3.63) is 147 Å². The molecule has 8 nitrogen and oxygen atoms in total. The van der Waals surface area contributed by atoms with Crippen molar-refractivity contribution < 1.29 is 9.72 Å². The normalized spacial score (nSPS) is 14.2. The van der Waals surface area contributed by atoms with Crippen molar-refractivity contribution in [2.75, 3.05) is 5.32 Å². The summed E-state index contributed by atoms with van der Waals surface area (Å²) in [7, 11) is 0. The van der Waals surface area contributed by atoms with Gasteiger partial charge in [-0.25, -0.2) is 15.0 Å². The lowest BCUT2D eigenvalue weighted by molar-refractivity contribution is -0.384. The van der Waals surface area contributed by atoms with E-state index < -0.39 is 4.92 Å². The number of thiophene rings is 1. The minimum Gasteiger partial charge on any atom is -0.322 e.